The van der Waals surface area contributed by atoms with Gasteiger partial charge in [-0.2, -0.15) is 0 Å². The first kappa shape index (κ1) is 9.02. The van der Waals surface area contributed by atoms with Gasteiger partial charge in [-0.15, -0.1) is 0 Å². The largest absolute Gasteiger partial charge is 0.359 e. The van der Waals surface area contributed by atoms with E-state index in [0.717, 1.165) is 18.8 Å². The number of nitrogens with zero attached hydrogens (tertiary/aromatic N) is 2. The molecule has 1 N–H and O–H groups in total. The fourth-order valence-corrected chi connectivity index (χ4v) is 1.40. The third kappa shape index (κ3) is 2.03. The van der Waals surface area contributed by atoms with Gasteiger partial charge in [0.1, 0.15) is 0 Å². The van der Waals surface area contributed by atoms with Crippen LogP contribution in [0.15, 0.2) is 35.2 Å². The highest BCUT2D eigenvalue weighted by Crippen LogP contribution is 2.05. The average Bonchev–Trinajstić information content (AvgIpc) is 2.79. The van der Waals surface area contributed by atoms with Gasteiger partial charge in [0.25, 0.3) is 0 Å². The standard InChI is InChI=1S/C10H13N3O/c1-11-6-9-3-5-13(7-9)8-10-2-4-12-14-10/h2-5,7,11H,6,8H2,1H3. The number of nitrogens with one attached hydrogen (secondary N) is 1. The fourth-order valence-electron chi connectivity index (χ4n) is 1.40. The molecule has 0 aromatic carbocycles. The summed E-state index contributed by atoms with van der Waals surface area (Å²) in [6.07, 6.45) is 5.79. The highest BCUT2D eigenvalue weighted by Gasteiger charge is 1.99. The molecular weight excluding hydrogens is 178 g/mol. The molecule has 4 nitrogen and oxygen atoms in total. The lowest BCUT2D eigenvalue weighted by atomic mass is 10.3. The van der Waals surface area contributed by atoms with E-state index in [2.05, 4.69) is 27.3 Å². The van der Waals surface area contributed by atoms with Gasteiger partial charge in [-0.05, 0) is 18.7 Å². The summed E-state index contributed by atoms with van der Waals surface area (Å²) < 4.78 is 7.10. The van der Waals surface area contributed by atoms with Crippen LogP contribution in [0.4, 0.5) is 0 Å². The number of rotatable bonds is 4. The average molecular weight is 191 g/mol. The Morgan fingerprint density at radius 3 is 3.14 bits per heavy atom. The minimum absolute atomic E-state index is 0.740. The number of aromatic nitrogens is 2. The van der Waals surface area contributed by atoms with Crippen molar-refractivity contribution in [3.05, 3.63) is 42.0 Å². The van der Waals surface area contributed by atoms with Gasteiger partial charge < -0.3 is 14.4 Å². The molecule has 0 aliphatic carbocycles. The third-order valence-electron chi connectivity index (χ3n) is 2.02. The second-order valence-corrected chi connectivity index (χ2v) is 3.20. The maximum absolute atomic E-state index is 5.02. The molecule has 0 aliphatic rings. The van der Waals surface area contributed by atoms with Crippen LogP contribution in [0.2, 0.25) is 0 Å². The van der Waals surface area contributed by atoms with E-state index < -0.39 is 0 Å². The molecule has 0 fully saturated rings. The summed E-state index contributed by atoms with van der Waals surface area (Å²) in [5.74, 6) is 0.872. The minimum Gasteiger partial charge on any atom is -0.359 e. The molecule has 2 rings (SSSR count). The first-order valence-corrected chi connectivity index (χ1v) is 4.57. The SMILES string of the molecule is CNCc1ccn(Cc2ccno2)c1. The van der Waals surface area contributed by atoms with Gasteiger partial charge in [-0.1, -0.05) is 5.16 Å². The second kappa shape index (κ2) is 4.11. The maximum Gasteiger partial charge on any atom is 0.156 e. The maximum atomic E-state index is 5.02. The molecule has 4 heteroatoms. The van der Waals surface area contributed by atoms with E-state index in [9.17, 15) is 0 Å². The van der Waals surface area contributed by atoms with Crippen molar-refractivity contribution in [3.8, 4) is 0 Å². The monoisotopic (exact) mass is 191 g/mol. The van der Waals surface area contributed by atoms with Crippen molar-refractivity contribution in [1.29, 1.82) is 0 Å². The van der Waals surface area contributed by atoms with E-state index in [1.54, 1.807) is 6.20 Å². The molecular formula is C10H13N3O. The van der Waals surface area contributed by atoms with Crippen molar-refractivity contribution >= 4 is 0 Å². The topological polar surface area (TPSA) is 43.0 Å². The quantitative estimate of drug-likeness (QED) is 0.790. The first-order valence-electron chi connectivity index (χ1n) is 4.57. The van der Waals surface area contributed by atoms with Crippen molar-refractivity contribution in [2.45, 2.75) is 13.1 Å². The number of hydrogen-bond donors (Lipinski definition) is 1. The van der Waals surface area contributed by atoms with Crippen LogP contribution in [0.3, 0.4) is 0 Å². The molecule has 0 bridgehead atoms. The summed E-state index contributed by atoms with van der Waals surface area (Å²) in [5, 5.41) is 6.77. The van der Waals surface area contributed by atoms with Crippen LogP contribution in [0, 0.1) is 0 Å². The predicted molar refractivity (Wildman–Crippen MR) is 52.8 cm³/mol. The molecule has 0 spiro atoms. The lowest BCUT2D eigenvalue weighted by molar-refractivity contribution is 0.376. The van der Waals surface area contributed by atoms with E-state index in [0.29, 0.717) is 0 Å². The highest BCUT2D eigenvalue weighted by molar-refractivity contribution is 5.11. The van der Waals surface area contributed by atoms with E-state index in [4.69, 9.17) is 4.52 Å². The van der Waals surface area contributed by atoms with Crippen LogP contribution in [0.5, 0.6) is 0 Å². The molecule has 0 saturated carbocycles. The van der Waals surface area contributed by atoms with Gasteiger partial charge in [-0.25, -0.2) is 0 Å². The van der Waals surface area contributed by atoms with Crippen LogP contribution in [0.25, 0.3) is 0 Å². The molecule has 2 aromatic rings. The Morgan fingerprint density at radius 1 is 1.50 bits per heavy atom. The fraction of sp³-hybridized carbons (Fsp3) is 0.300. The summed E-state index contributed by atoms with van der Waals surface area (Å²) >= 11 is 0. The van der Waals surface area contributed by atoms with Crippen LogP contribution in [-0.2, 0) is 13.1 Å². The van der Waals surface area contributed by atoms with Crippen molar-refractivity contribution in [3.63, 3.8) is 0 Å². The van der Waals surface area contributed by atoms with Gasteiger partial charge in [-0.3, -0.25) is 0 Å². The summed E-state index contributed by atoms with van der Waals surface area (Å²) in [6.45, 7) is 1.63. The van der Waals surface area contributed by atoms with Crippen LogP contribution in [0.1, 0.15) is 11.3 Å². The van der Waals surface area contributed by atoms with E-state index in [-0.39, 0.29) is 0 Å². The smallest absolute Gasteiger partial charge is 0.156 e. The van der Waals surface area contributed by atoms with Gasteiger partial charge in [0, 0.05) is 25.0 Å². The van der Waals surface area contributed by atoms with Crippen molar-refractivity contribution < 1.29 is 4.52 Å². The molecule has 0 radical (unpaired) electrons. The van der Waals surface area contributed by atoms with Crippen molar-refractivity contribution in [2.75, 3.05) is 7.05 Å². The molecule has 0 atom stereocenters. The molecule has 0 amide bonds. The zero-order valence-electron chi connectivity index (χ0n) is 8.10. The zero-order valence-corrected chi connectivity index (χ0v) is 8.10. The first-order chi connectivity index (χ1) is 6.88. The highest BCUT2D eigenvalue weighted by atomic mass is 16.5. The summed E-state index contributed by atoms with van der Waals surface area (Å²) in [5.41, 5.74) is 1.27. The van der Waals surface area contributed by atoms with E-state index in [1.807, 2.05) is 19.3 Å². The summed E-state index contributed by atoms with van der Waals surface area (Å²) in [7, 11) is 1.94. The molecule has 14 heavy (non-hydrogen) atoms. The van der Waals surface area contributed by atoms with Crippen molar-refractivity contribution in [2.24, 2.45) is 0 Å². The molecule has 0 aliphatic heterocycles. The number of hydrogen-bond acceptors (Lipinski definition) is 3. The molecule has 74 valence electrons. The Morgan fingerprint density at radius 2 is 2.43 bits per heavy atom. The Balaban J connectivity index is 2.03. The Bertz CT molecular complexity index is 378. The molecule has 2 heterocycles. The Labute approximate surface area is 82.5 Å². The normalized spacial score (nSPS) is 10.6. The second-order valence-electron chi connectivity index (χ2n) is 3.20. The lowest BCUT2D eigenvalue weighted by Crippen LogP contribution is -2.04. The molecule has 2 aromatic heterocycles. The third-order valence-corrected chi connectivity index (χ3v) is 2.02. The van der Waals surface area contributed by atoms with Gasteiger partial charge in [0.15, 0.2) is 5.76 Å². The van der Waals surface area contributed by atoms with Crippen LogP contribution >= 0.6 is 0 Å². The molecule has 0 saturated heterocycles. The van der Waals surface area contributed by atoms with E-state index in [1.165, 1.54) is 5.56 Å². The van der Waals surface area contributed by atoms with Crippen molar-refractivity contribution in [1.82, 2.24) is 15.0 Å². The van der Waals surface area contributed by atoms with Crippen LogP contribution in [-0.4, -0.2) is 16.8 Å². The Hall–Kier alpha value is -1.55. The lowest BCUT2D eigenvalue weighted by Gasteiger charge is -1.97. The summed E-state index contributed by atoms with van der Waals surface area (Å²) in [6, 6.07) is 3.96. The van der Waals surface area contributed by atoms with Gasteiger partial charge >= 0.3 is 0 Å². The summed E-state index contributed by atoms with van der Waals surface area (Å²) in [4.78, 5) is 0. The zero-order chi connectivity index (χ0) is 9.80. The Kier molecular flexibility index (Phi) is 2.65. The van der Waals surface area contributed by atoms with E-state index >= 15 is 0 Å². The minimum atomic E-state index is 0.740. The van der Waals surface area contributed by atoms with Gasteiger partial charge in [0.2, 0.25) is 0 Å². The molecule has 0 unspecified atom stereocenters. The van der Waals surface area contributed by atoms with Crippen LogP contribution < -0.4 is 5.32 Å². The predicted octanol–water partition coefficient (Wildman–Crippen LogP) is 1.24. The van der Waals surface area contributed by atoms with Gasteiger partial charge in [0.05, 0.1) is 12.7 Å².